The number of aromatic nitrogens is 2. The molecule has 19 heavy (non-hydrogen) atoms. The molecule has 4 N–H and O–H groups in total. The second-order valence-electron chi connectivity index (χ2n) is 3.46. The molecule has 2 aromatic rings. The van der Waals surface area contributed by atoms with Gasteiger partial charge in [-0.15, -0.1) is 0 Å². The van der Waals surface area contributed by atoms with Gasteiger partial charge in [-0.1, -0.05) is 11.6 Å². The van der Waals surface area contributed by atoms with Crippen molar-refractivity contribution in [3.8, 4) is 11.6 Å². The Labute approximate surface area is 112 Å². The minimum Gasteiger partial charge on any atom is -0.437 e. The van der Waals surface area contributed by atoms with E-state index >= 15 is 0 Å². The third kappa shape index (κ3) is 2.99. The SMILES string of the molecule is Nc1cc(Oc2ccc([N+](=O)[O-])cc2Cl)nc(N)n1. The molecule has 1 aromatic carbocycles. The molecule has 0 bridgehead atoms. The highest BCUT2D eigenvalue weighted by Gasteiger charge is 2.12. The first-order valence-corrected chi connectivity index (χ1v) is 5.35. The van der Waals surface area contributed by atoms with Crippen molar-refractivity contribution >= 4 is 29.1 Å². The van der Waals surface area contributed by atoms with E-state index in [1.165, 1.54) is 24.3 Å². The number of halogens is 1. The van der Waals surface area contributed by atoms with Gasteiger partial charge in [0.15, 0.2) is 0 Å². The summed E-state index contributed by atoms with van der Waals surface area (Å²) in [6, 6.07) is 5.14. The molecule has 0 fully saturated rings. The fraction of sp³-hybridized carbons (Fsp3) is 0. The second kappa shape index (κ2) is 4.94. The molecule has 0 saturated heterocycles. The molecular formula is C10H8ClN5O3. The number of anilines is 2. The number of nitrogen functional groups attached to an aromatic ring is 2. The van der Waals surface area contributed by atoms with Crippen LogP contribution in [0, 0.1) is 10.1 Å². The van der Waals surface area contributed by atoms with Crippen LogP contribution in [0.2, 0.25) is 5.02 Å². The standard InChI is InChI=1S/C10H8ClN5O3/c11-6-3-5(16(17)18)1-2-7(6)19-9-4-8(12)14-10(13)15-9/h1-4H,(H4,12,13,14,15). The zero-order valence-corrected chi connectivity index (χ0v) is 10.2. The summed E-state index contributed by atoms with van der Waals surface area (Å²) in [5.74, 6) is 0.388. The topological polar surface area (TPSA) is 130 Å². The maximum absolute atomic E-state index is 10.6. The van der Waals surface area contributed by atoms with Crippen LogP contribution in [-0.2, 0) is 0 Å². The maximum atomic E-state index is 10.6. The number of ether oxygens (including phenoxy) is 1. The number of nitro groups is 1. The lowest BCUT2D eigenvalue weighted by atomic mass is 10.3. The predicted octanol–water partition coefficient (Wildman–Crippen LogP) is 1.99. The van der Waals surface area contributed by atoms with E-state index < -0.39 is 4.92 Å². The molecule has 1 aromatic heterocycles. The Hall–Kier alpha value is -2.61. The van der Waals surface area contributed by atoms with Crippen LogP contribution in [0.25, 0.3) is 0 Å². The van der Waals surface area contributed by atoms with E-state index in [2.05, 4.69) is 9.97 Å². The van der Waals surface area contributed by atoms with Gasteiger partial charge in [0.2, 0.25) is 11.8 Å². The maximum Gasteiger partial charge on any atom is 0.271 e. The van der Waals surface area contributed by atoms with Gasteiger partial charge in [-0.25, -0.2) is 0 Å². The number of hydrogen-bond acceptors (Lipinski definition) is 7. The molecule has 0 aliphatic rings. The summed E-state index contributed by atoms with van der Waals surface area (Å²) in [4.78, 5) is 17.5. The number of non-ortho nitro benzene ring substituents is 1. The highest BCUT2D eigenvalue weighted by atomic mass is 35.5. The largest absolute Gasteiger partial charge is 0.437 e. The molecule has 98 valence electrons. The number of nitro benzene ring substituents is 1. The lowest BCUT2D eigenvalue weighted by molar-refractivity contribution is -0.384. The Morgan fingerprint density at radius 1 is 1.26 bits per heavy atom. The highest BCUT2D eigenvalue weighted by Crippen LogP contribution is 2.32. The van der Waals surface area contributed by atoms with Crippen LogP contribution in [0.4, 0.5) is 17.5 Å². The van der Waals surface area contributed by atoms with Crippen molar-refractivity contribution in [2.45, 2.75) is 0 Å². The van der Waals surface area contributed by atoms with Gasteiger partial charge >= 0.3 is 0 Å². The van der Waals surface area contributed by atoms with Gasteiger partial charge in [0.05, 0.1) is 9.95 Å². The van der Waals surface area contributed by atoms with E-state index in [-0.39, 0.29) is 34.1 Å². The average molecular weight is 282 g/mol. The van der Waals surface area contributed by atoms with E-state index in [0.29, 0.717) is 0 Å². The minimum absolute atomic E-state index is 0.0481. The van der Waals surface area contributed by atoms with Gasteiger partial charge < -0.3 is 16.2 Å². The number of benzene rings is 1. The van der Waals surface area contributed by atoms with E-state index in [4.69, 9.17) is 27.8 Å². The normalized spacial score (nSPS) is 10.2. The first-order valence-electron chi connectivity index (χ1n) is 4.97. The van der Waals surface area contributed by atoms with Crippen molar-refractivity contribution in [2.24, 2.45) is 0 Å². The molecule has 0 unspecified atom stereocenters. The average Bonchev–Trinajstić information content (AvgIpc) is 2.30. The molecule has 9 heteroatoms. The first kappa shape index (κ1) is 12.8. The Bertz CT molecular complexity index is 629. The zero-order valence-electron chi connectivity index (χ0n) is 9.41. The Kier molecular flexibility index (Phi) is 3.34. The molecule has 8 nitrogen and oxygen atoms in total. The van der Waals surface area contributed by atoms with Crippen molar-refractivity contribution in [3.05, 3.63) is 39.4 Å². The lowest BCUT2D eigenvalue weighted by Crippen LogP contribution is -2.01. The first-order chi connectivity index (χ1) is 8.95. The molecule has 1 heterocycles. The summed E-state index contributed by atoms with van der Waals surface area (Å²) in [5.41, 5.74) is 10.8. The molecule has 0 aliphatic heterocycles. The van der Waals surface area contributed by atoms with Crippen LogP contribution in [-0.4, -0.2) is 14.9 Å². The molecular weight excluding hydrogens is 274 g/mol. The minimum atomic E-state index is -0.559. The van der Waals surface area contributed by atoms with Crippen LogP contribution in [0.5, 0.6) is 11.6 Å². The van der Waals surface area contributed by atoms with Crippen molar-refractivity contribution in [1.29, 1.82) is 0 Å². The van der Waals surface area contributed by atoms with E-state index in [9.17, 15) is 10.1 Å². The van der Waals surface area contributed by atoms with Gasteiger partial charge in [0.25, 0.3) is 5.69 Å². The Morgan fingerprint density at radius 2 is 2.00 bits per heavy atom. The van der Waals surface area contributed by atoms with Gasteiger partial charge in [-0.2, -0.15) is 9.97 Å². The smallest absolute Gasteiger partial charge is 0.271 e. The van der Waals surface area contributed by atoms with Gasteiger partial charge in [0, 0.05) is 18.2 Å². The lowest BCUT2D eigenvalue weighted by Gasteiger charge is -2.07. The third-order valence-electron chi connectivity index (χ3n) is 2.08. The summed E-state index contributed by atoms with van der Waals surface area (Å²) in [6.07, 6.45) is 0. The monoisotopic (exact) mass is 281 g/mol. The molecule has 2 rings (SSSR count). The number of rotatable bonds is 3. The molecule has 0 amide bonds. The van der Waals surface area contributed by atoms with Crippen LogP contribution in [0.3, 0.4) is 0 Å². The number of nitrogens with two attached hydrogens (primary N) is 2. The number of nitrogens with zero attached hydrogens (tertiary/aromatic N) is 3. The van der Waals surface area contributed by atoms with Crippen molar-refractivity contribution in [2.75, 3.05) is 11.5 Å². The van der Waals surface area contributed by atoms with Gasteiger partial charge in [0.1, 0.15) is 11.6 Å². The third-order valence-corrected chi connectivity index (χ3v) is 2.38. The molecule has 0 spiro atoms. The summed E-state index contributed by atoms with van der Waals surface area (Å²) >= 11 is 5.87. The van der Waals surface area contributed by atoms with Crippen LogP contribution in [0.1, 0.15) is 0 Å². The van der Waals surface area contributed by atoms with Crippen molar-refractivity contribution < 1.29 is 9.66 Å². The zero-order chi connectivity index (χ0) is 14.0. The highest BCUT2D eigenvalue weighted by molar-refractivity contribution is 6.32. The quantitative estimate of drug-likeness (QED) is 0.649. The molecule has 0 aliphatic carbocycles. The van der Waals surface area contributed by atoms with E-state index in [0.717, 1.165) is 0 Å². The summed E-state index contributed by atoms with van der Waals surface area (Å²) in [6.45, 7) is 0. The Morgan fingerprint density at radius 3 is 2.58 bits per heavy atom. The Balaban J connectivity index is 2.30. The second-order valence-corrected chi connectivity index (χ2v) is 3.87. The van der Waals surface area contributed by atoms with Gasteiger partial charge in [-0.3, -0.25) is 10.1 Å². The predicted molar refractivity (Wildman–Crippen MR) is 69.0 cm³/mol. The summed E-state index contributed by atoms with van der Waals surface area (Å²) in [5, 5.41) is 10.6. The molecule has 0 atom stereocenters. The van der Waals surface area contributed by atoms with Crippen molar-refractivity contribution in [3.63, 3.8) is 0 Å². The van der Waals surface area contributed by atoms with Crippen LogP contribution >= 0.6 is 11.6 Å². The molecule has 0 saturated carbocycles. The molecule has 0 radical (unpaired) electrons. The summed E-state index contributed by atoms with van der Waals surface area (Å²) < 4.78 is 5.34. The fourth-order valence-electron chi connectivity index (χ4n) is 1.31. The van der Waals surface area contributed by atoms with Crippen LogP contribution < -0.4 is 16.2 Å². The van der Waals surface area contributed by atoms with Crippen LogP contribution in [0.15, 0.2) is 24.3 Å². The van der Waals surface area contributed by atoms with E-state index in [1.807, 2.05) is 0 Å². The number of hydrogen-bond donors (Lipinski definition) is 2. The van der Waals surface area contributed by atoms with Gasteiger partial charge in [-0.05, 0) is 6.07 Å². The fourth-order valence-corrected chi connectivity index (χ4v) is 1.53. The summed E-state index contributed by atoms with van der Waals surface area (Å²) in [7, 11) is 0. The van der Waals surface area contributed by atoms with E-state index in [1.54, 1.807) is 0 Å². The van der Waals surface area contributed by atoms with Crippen molar-refractivity contribution in [1.82, 2.24) is 9.97 Å².